The van der Waals surface area contributed by atoms with Gasteiger partial charge in [-0.3, -0.25) is 4.79 Å². The van der Waals surface area contributed by atoms with Crippen molar-refractivity contribution in [3.63, 3.8) is 0 Å². The molecule has 1 heterocycles. The average Bonchev–Trinajstić information content (AvgIpc) is 2.10. The predicted octanol–water partition coefficient (Wildman–Crippen LogP) is 1.57. The summed E-state index contributed by atoms with van der Waals surface area (Å²) in [5, 5.41) is 9.12. The van der Waals surface area contributed by atoms with Gasteiger partial charge in [-0.05, 0) is 30.7 Å². The van der Waals surface area contributed by atoms with Crippen molar-refractivity contribution in [2.75, 3.05) is 13.1 Å². The Kier molecular flexibility index (Phi) is 2.80. The number of aliphatic hydroxyl groups excluding tert-OH is 1. The molecule has 0 atom stereocenters. The highest BCUT2D eigenvalue weighted by atomic mass is 79.9. The summed E-state index contributed by atoms with van der Waals surface area (Å²) >= 11 is 3.36. The number of carbonyl (C=O) groups is 1. The van der Waals surface area contributed by atoms with Gasteiger partial charge in [0.05, 0.1) is 6.10 Å². The zero-order chi connectivity index (χ0) is 11.0. The molecular formula is C11H12BrNO2. The number of benzene rings is 1. The number of rotatable bonds is 1. The SMILES string of the molecule is Cc1cc(Br)cc(C(=O)N2CC(O)C2)c1. The number of nitrogens with zero attached hydrogens (tertiary/aromatic N) is 1. The number of aryl methyl sites for hydroxylation is 1. The number of amides is 1. The van der Waals surface area contributed by atoms with Crippen LogP contribution in [0, 0.1) is 6.92 Å². The minimum Gasteiger partial charge on any atom is -0.389 e. The van der Waals surface area contributed by atoms with Crippen LogP contribution < -0.4 is 0 Å². The third-order valence-electron chi connectivity index (χ3n) is 2.44. The highest BCUT2D eigenvalue weighted by Crippen LogP contribution is 2.19. The lowest BCUT2D eigenvalue weighted by Gasteiger charge is -2.35. The normalized spacial score (nSPS) is 16.3. The van der Waals surface area contributed by atoms with Crippen molar-refractivity contribution in [1.82, 2.24) is 4.90 Å². The molecule has 1 saturated heterocycles. The largest absolute Gasteiger partial charge is 0.389 e. The van der Waals surface area contributed by atoms with E-state index >= 15 is 0 Å². The molecule has 1 N–H and O–H groups in total. The van der Waals surface area contributed by atoms with Crippen LogP contribution in [0.1, 0.15) is 15.9 Å². The molecule has 0 radical (unpaired) electrons. The fourth-order valence-electron chi connectivity index (χ4n) is 1.66. The van der Waals surface area contributed by atoms with Crippen LogP contribution in [0.3, 0.4) is 0 Å². The summed E-state index contributed by atoms with van der Waals surface area (Å²) in [6.07, 6.45) is -0.345. The lowest BCUT2D eigenvalue weighted by Crippen LogP contribution is -2.53. The minimum absolute atomic E-state index is 0.00954. The van der Waals surface area contributed by atoms with E-state index in [4.69, 9.17) is 5.11 Å². The number of hydrogen-bond acceptors (Lipinski definition) is 2. The first kappa shape index (κ1) is 10.6. The summed E-state index contributed by atoms with van der Waals surface area (Å²) in [5.74, 6) is -0.00954. The predicted molar refractivity (Wildman–Crippen MR) is 60.8 cm³/mol. The van der Waals surface area contributed by atoms with E-state index in [0.29, 0.717) is 18.7 Å². The summed E-state index contributed by atoms with van der Waals surface area (Å²) in [6, 6.07) is 5.62. The Balaban J connectivity index is 2.18. The van der Waals surface area contributed by atoms with Crippen LogP contribution in [-0.4, -0.2) is 35.1 Å². The highest BCUT2D eigenvalue weighted by molar-refractivity contribution is 9.10. The molecule has 0 aliphatic carbocycles. The first-order valence-electron chi connectivity index (χ1n) is 4.81. The van der Waals surface area contributed by atoms with Gasteiger partial charge in [0.15, 0.2) is 0 Å². The van der Waals surface area contributed by atoms with Gasteiger partial charge < -0.3 is 10.0 Å². The minimum atomic E-state index is -0.345. The monoisotopic (exact) mass is 269 g/mol. The maximum absolute atomic E-state index is 11.9. The first-order chi connectivity index (χ1) is 7.06. The van der Waals surface area contributed by atoms with Crippen molar-refractivity contribution < 1.29 is 9.90 Å². The topological polar surface area (TPSA) is 40.5 Å². The number of likely N-dealkylation sites (tertiary alicyclic amines) is 1. The van der Waals surface area contributed by atoms with Crippen molar-refractivity contribution in [2.24, 2.45) is 0 Å². The van der Waals surface area contributed by atoms with E-state index in [9.17, 15) is 4.79 Å². The third kappa shape index (κ3) is 2.21. The number of aliphatic hydroxyl groups is 1. The Morgan fingerprint density at radius 3 is 2.67 bits per heavy atom. The molecule has 0 spiro atoms. The van der Waals surface area contributed by atoms with Crippen LogP contribution in [0.25, 0.3) is 0 Å². The molecule has 1 aromatic rings. The molecule has 3 nitrogen and oxygen atoms in total. The van der Waals surface area contributed by atoms with Gasteiger partial charge in [-0.1, -0.05) is 15.9 Å². The van der Waals surface area contributed by atoms with E-state index in [1.54, 1.807) is 11.0 Å². The number of hydrogen-bond donors (Lipinski definition) is 1. The van der Waals surface area contributed by atoms with Gasteiger partial charge in [-0.15, -0.1) is 0 Å². The van der Waals surface area contributed by atoms with E-state index in [1.807, 2.05) is 19.1 Å². The van der Waals surface area contributed by atoms with Crippen molar-refractivity contribution in [3.8, 4) is 0 Å². The van der Waals surface area contributed by atoms with Crippen molar-refractivity contribution in [3.05, 3.63) is 33.8 Å². The zero-order valence-electron chi connectivity index (χ0n) is 8.40. The van der Waals surface area contributed by atoms with Crippen LogP contribution >= 0.6 is 15.9 Å². The smallest absolute Gasteiger partial charge is 0.254 e. The molecular weight excluding hydrogens is 258 g/mol. The molecule has 1 amide bonds. The summed E-state index contributed by atoms with van der Waals surface area (Å²) in [5.41, 5.74) is 1.72. The first-order valence-corrected chi connectivity index (χ1v) is 5.60. The molecule has 0 unspecified atom stereocenters. The van der Waals surface area contributed by atoms with Gasteiger partial charge in [0.1, 0.15) is 0 Å². The third-order valence-corrected chi connectivity index (χ3v) is 2.90. The average molecular weight is 270 g/mol. The molecule has 1 fully saturated rings. The molecule has 0 aromatic heterocycles. The summed E-state index contributed by atoms with van der Waals surface area (Å²) in [6.45, 7) is 2.85. The lowest BCUT2D eigenvalue weighted by molar-refractivity contribution is 0.00588. The summed E-state index contributed by atoms with van der Waals surface area (Å²) < 4.78 is 0.909. The van der Waals surface area contributed by atoms with Crippen molar-refractivity contribution >= 4 is 21.8 Å². The molecule has 0 bridgehead atoms. The van der Waals surface area contributed by atoms with Gasteiger partial charge in [0.25, 0.3) is 5.91 Å². The fourth-order valence-corrected chi connectivity index (χ4v) is 2.27. The molecule has 0 saturated carbocycles. The molecule has 4 heteroatoms. The molecule has 1 aromatic carbocycles. The van der Waals surface area contributed by atoms with E-state index in [-0.39, 0.29) is 12.0 Å². The number of β-amino-alcohol motifs (C(OH)–C–C–N with tert-alkyl or cyclic N) is 1. The molecule has 1 aliphatic rings. The van der Waals surface area contributed by atoms with Gasteiger partial charge in [0.2, 0.25) is 0 Å². The Labute approximate surface area is 96.8 Å². The second-order valence-electron chi connectivity index (χ2n) is 3.88. The van der Waals surface area contributed by atoms with E-state index in [1.165, 1.54) is 0 Å². The Hall–Kier alpha value is -0.870. The van der Waals surface area contributed by atoms with E-state index in [2.05, 4.69) is 15.9 Å². The maximum Gasteiger partial charge on any atom is 0.254 e. The number of halogens is 1. The molecule has 2 rings (SSSR count). The second kappa shape index (κ2) is 3.94. The summed E-state index contributed by atoms with van der Waals surface area (Å²) in [4.78, 5) is 13.5. The zero-order valence-corrected chi connectivity index (χ0v) is 9.99. The van der Waals surface area contributed by atoms with Crippen LogP contribution in [0.4, 0.5) is 0 Å². The van der Waals surface area contributed by atoms with Crippen molar-refractivity contribution in [2.45, 2.75) is 13.0 Å². The molecule has 80 valence electrons. The lowest BCUT2D eigenvalue weighted by atomic mass is 10.1. The van der Waals surface area contributed by atoms with Gasteiger partial charge in [0, 0.05) is 23.1 Å². The van der Waals surface area contributed by atoms with Gasteiger partial charge in [-0.2, -0.15) is 0 Å². The van der Waals surface area contributed by atoms with Crippen LogP contribution in [0.5, 0.6) is 0 Å². The van der Waals surface area contributed by atoms with E-state index < -0.39 is 0 Å². The molecule has 15 heavy (non-hydrogen) atoms. The highest BCUT2D eigenvalue weighted by Gasteiger charge is 2.29. The Morgan fingerprint density at radius 2 is 2.13 bits per heavy atom. The Morgan fingerprint density at radius 1 is 1.47 bits per heavy atom. The van der Waals surface area contributed by atoms with Crippen LogP contribution in [-0.2, 0) is 0 Å². The van der Waals surface area contributed by atoms with Gasteiger partial charge >= 0.3 is 0 Å². The van der Waals surface area contributed by atoms with Gasteiger partial charge in [-0.25, -0.2) is 0 Å². The van der Waals surface area contributed by atoms with Crippen LogP contribution in [0.15, 0.2) is 22.7 Å². The molecule has 1 aliphatic heterocycles. The second-order valence-corrected chi connectivity index (χ2v) is 4.80. The fraction of sp³-hybridized carbons (Fsp3) is 0.364. The number of carbonyl (C=O) groups excluding carboxylic acids is 1. The van der Waals surface area contributed by atoms with Crippen molar-refractivity contribution in [1.29, 1.82) is 0 Å². The maximum atomic E-state index is 11.9. The van der Waals surface area contributed by atoms with E-state index in [0.717, 1.165) is 10.0 Å². The summed E-state index contributed by atoms with van der Waals surface area (Å²) in [7, 11) is 0. The van der Waals surface area contributed by atoms with Crippen LogP contribution in [0.2, 0.25) is 0 Å². The Bertz CT molecular complexity index is 379. The standard InChI is InChI=1S/C11H12BrNO2/c1-7-2-8(4-9(12)3-7)11(15)13-5-10(14)6-13/h2-4,10,14H,5-6H2,1H3. The quantitative estimate of drug-likeness (QED) is 0.841.